The molecule has 4 rings (SSSR count). The van der Waals surface area contributed by atoms with E-state index in [1.54, 1.807) is 0 Å². The van der Waals surface area contributed by atoms with E-state index < -0.39 is 0 Å². The lowest BCUT2D eigenvalue weighted by molar-refractivity contribution is 0.125. The molecule has 1 fully saturated rings. The molecule has 1 aromatic heterocycles. The van der Waals surface area contributed by atoms with Crippen LogP contribution < -0.4 is 0 Å². The van der Waals surface area contributed by atoms with E-state index in [9.17, 15) is 5.11 Å². The first kappa shape index (κ1) is 17.8. The molecule has 140 valence electrons. The van der Waals surface area contributed by atoms with Crippen molar-refractivity contribution in [1.29, 1.82) is 0 Å². The van der Waals surface area contributed by atoms with Gasteiger partial charge in [-0.05, 0) is 40.8 Å². The van der Waals surface area contributed by atoms with Gasteiger partial charge in [-0.25, -0.2) is 4.68 Å². The van der Waals surface area contributed by atoms with Gasteiger partial charge in [0.15, 0.2) is 5.82 Å². The SMILES string of the molecule is OC[C@@H]1CC[C@H](c2nnnn2Cc2ccccc2)N1CCc1ccccc1. The standard InChI is InChI=1S/C21H25N5O/c27-16-19-11-12-20(25(19)14-13-17-7-3-1-4-8-17)21-22-23-24-26(21)15-18-9-5-2-6-10-18/h1-10,19-20,27H,11-16H2/t19-,20+/m0/s1. The molecule has 2 atom stereocenters. The van der Waals surface area contributed by atoms with Crippen molar-refractivity contribution in [2.45, 2.75) is 37.9 Å². The lowest BCUT2D eigenvalue weighted by Gasteiger charge is -2.28. The van der Waals surface area contributed by atoms with Crippen molar-refractivity contribution in [2.75, 3.05) is 13.2 Å². The lowest BCUT2D eigenvalue weighted by atomic mass is 10.1. The first-order valence-corrected chi connectivity index (χ1v) is 9.55. The molecule has 27 heavy (non-hydrogen) atoms. The van der Waals surface area contributed by atoms with Crippen molar-refractivity contribution >= 4 is 0 Å². The van der Waals surface area contributed by atoms with E-state index in [4.69, 9.17) is 0 Å². The molecule has 6 nitrogen and oxygen atoms in total. The second-order valence-electron chi connectivity index (χ2n) is 7.08. The third-order valence-corrected chi connectivity index (χ3v) is 5.39. The maximum Gasteiger partial charge on any atom is 0.168 e. The molecule has 1 aliphatic heterocycles. The van der Waals surface area contributed by atoms with Gasteiger partial charge >= 0.3 is 0 Å². The fourth-order valence-electron chi connectivity index (χ4n) is 3.97. The number of hydrogen-bond donors (Lipinski definition) is 1. The summed E-state index contributed by atoms with van der Waals surface area (Å²) < 4.78 is 1.90. The minimum atomic E-state index is 0.143. The van der Waals surface area contributed by atoms with E-state index in [2.05, 4.69) is 56.8 Å². The molecule has 0 aliphatic carbocycles. The highest BCUT2D eigenvalue weighted by Gasteiger charge is 2.36. The molecule has 0 saturated carbocycles. The molecule has 0 spiro atoms. The Morgan fingerprint density at radius 2 is 1.63 bits per heavy atom. The summed E-state index contributed by atoms with van der Waals surface area (Å²) in [5.74, 6) is 0.892. The van der Waals surface area contributed by atoms with Crippen molar-refractivity contribution in [3.63, 3.8) is 0 Å². The summed E-state index contributed by atoms with van der Waals surface area (Å²) in [4.78, 5) is 2.38. The van der Waals surface area contributed by atoms with Gasteiger partial charge in [-0.2, -0.15) is 0 Å². The molecule has 0 unspecified atom stereocenters. The van der Waals surface area contributed by atoms with Crippen LogP contribution in [0.2, 0.25) is 0 Å². The number of rotatable bonds is 7. The molecular weight excluding hydrogens is 338 g/mol. The van der Waals surface area contributed by atoms with Crippen LogP contribution in [0.4, 0.5) is 0 Å². The number of benzene rings is 2. The fourth-order valence-corrected chi connectivity index (χ4v) is 3.97. The van der Waals surface area contributed by atoms with Crippen molar-refractivity contribution < 1.29 is 5.11 Å². The summed E-state index contributed by atoms with van der Waals surface area (Å²) in [5.41, 5.74) is 2.49. The third-order valence-electron chi connectivity index (χ3n) is 5.39. The highest BCUT2D eigenvalue weighted by atomic mass is 16.3. The van der Waals surface area contributed by atoms with Crippen molar-refractivity contribution in [3.05, 3.63) is 77.6 Å². The van der Waals surface area contributed by atoms with Crippen LogP contribution in [0, 0.1) is 0 Å². The average molecular weight is 363 g/mol. The van der Waals surface area contributed by atoms with Gasteiger partial charge < -0.3 is 5.11 Å². The van der Waals surface area contributed by atoms with E-state index in [1.807, 2.05) is 28.9 Å². The smallest absolute Gasteiger partial charge is 0.168 e. The number of aliphatic hydroxyl groups excluding tert-OH is 1. The van der Waals surface area contributed by atoms with Crippen LogP contribution in [0.1, 0.15) is 35.8 Å². The summed E-state index contributed by atoms with van der Waals surface area (Å²) in [6.45, 7) is 1.72. The van der Waals surface area contributed by atoms with E-state index in [0.29, 0.717) is 6.54 Å². The highest BCUT2D eigenvalue weighted by molar-refractivity contribution is 5.17. The predicted molar refractivity (Wildman–Crippen MR) is 103 cm³/mol. The van der Waals surface area contributed by atoms with Gasteiger partial charge in [0.05, 0.1) is 19.2 Å². The molecule has 0 radical (unpaired) electrons. The summed E-state index contributed by atoms with van der Waals surface area (Å²) in [6.07, 6.45) is 2.89. The Balaban J connectivity index is 1.52. The number of tetrazole rings is 1. The normalized spacial score (nSPS) is 20.2. The number of aliphatic hydroxyl groups is 1. The van der Waals surface area contributed by atoms with E-state index in [0.717, 1.165) is 31.6 Å². The second kappa shape index (κ2) is 8.41. The monoisotopic (exact) mass is 363 g/mol. The molecule has 1 saturated heterocycles. The Morgan fingerprint density at radius 3 is 2.33 bits per heavy atom. The van der Waals surface area contributed by atoms with E-state index in [-0.39, 0.29) is 18.7 Å². The first-order chi connectivity index (χ1) is 13.3. The summed E-state index contributed by atoms with van der Waals surface area (Å²) in [5, 5.41) is 22.4. The zero-order valence-corrected chi connectivity index (χ0v) is 15.4. The van der Waals surface area contributed by atoms with Gasteiger partial charge in [0.25, 0.3) is 0 Å². The van der Waals surface area contributed by atoms with Gasteiger partial charge in [-0.1, -0.05) is 60.7 Å². The largest absolute Gasteiger partial charge is 0.395 e. The minimum absolute atomic E-state index is 0.143. The topological polar surface area (TPSA) is 67.1 Å². The number of aromatic nitrogens is 4. The van der Waals surface area contributed by atoms with Crippen LogP contribution in [-0.2, 0) is 13.0 Å². The molecule has 0 amide bonds. The molecule has 3 aromatic rings. The van der Waals surface area contributed by atoms with E-state index in [1.165, 1.54) is 11.1 Å². The Morgan fingerprint density at radius 1 is 0.926 bits per heavy atom. The van der Waals surface area contributed by atoms with Gasteiger partial charge in [0, 0.05) is 12.6 Å². The Hall–Kier alpha value is -2.57. The number of likely N-dealkylation sites (tertiary alicyclic amines) is 1. The van der Waals surface area contributed by atoms with Gasteiger partial charge in [-0.15, -0.1) is 5.10 Å². The van der Waals surface area contributed by atoms with Gasteiger partial charge in [0.1, 0.15) is 0 Å². The Labute approximate surface area is 159 Å². The maximum absolute atomic E-state index is 9.85. The molecule has 1 N–H and O–H groups in total. The second-order valence-corrected chi connectivity index (χ2v) is 7.08. The Kier molecular flexibility index (Phi) is 5.55. The zero-order valence-electron chi connectivity index (χ0n) is 15.4. The fraction of sp³-hybridized carbons (Fsp3) is 0.381. The van der Waals surface area contributed by atoms with Gasteiger partial charge in [-0.3, -0.25) is 4.90 Å². The molecule has 1 aliphatic rings. The van der Waals surface area contributed by atoms with Crippen LogP contribution >= 0.6 is 0 Å². The van der Waals surface area contributed by atoms with Crippen molar-refractivity contribution in [2.24, 2.45) is 0 Å². The third kappa shape index (κ3) is 4.07. The number of hydrogen-bond acceptors (Lipinski definition) is 5. The quantitative estimate of drug-likeness (QED) is 0.698. The van der Waals surface area contributed by atoms with Gasteiger partial charge in [0.2, 0.25) is 0 Å². The first-order valence-electron chi connectivity index (χ1n) is 9.55. The van der Waals surface area contributed by atoms with E-state index >= 15 is 0 Å². The molecule has 0 bridgehead atoms. The van der Waals surface area contributed by atoms with Crippen LogP contribution in [0.15, 0.2) is 60.7 Å². The minimum Gasteiger partial charge on any atom is -0.395 e. The lowest BCUT2D eigenvalue weighted by Crippen LogP contribution is -2.36. The Bertz CT molecular complexity index is 836. The van der Waals surface area contributed by atoms with Crippen LogP contribution in [0.25, 0.3) is 0 Å². The summed E-state index contributed by atoms with van der Waals surface area (Å²) >= 11 is 0. The molecular formula is C21H25N5O. The maximum atomic E-state index is 9.85. The molecule has 2 heterocycles. The summed E-state index contributed by atoms with van der Waals surface area (Å²) in [6, 6.07) is 21.0. The van der Waals surface area contributed by atoms with Crippen LogP contribution in [-0.4, -0.2) is 49.4 Å². The molecule has 6 heteroatoms. The zero-order chi connectivity index (χ0) is 18.5. The van der Waals surface area contributed by atoms with Crippen molar-refractivity contribution in [1.82, 2.24) is 25.1 Å². The highest BCUT2D eigenvalue weighted by Crippen LogP contribution is 2.35. The predicted octanol–water partition coefficient (Wildman–Crippen LogP) is 2.46. The van der Waals surface area contributed by atoms with Crippen LogP contribution in [0.5, 0.6) is 0 Å². The number of nitrogens with zero attached hydrogens (tertiary/aromatic N) is 5. The summed E-state index contributed by atoms with van der Waals surface area (Å²) in [7, 11) is 0. The van der Waals surface area contributed by atoms with Crippen LogP contribution in [0.3, 0.4) is 0 Å². The molecule has 2 aromatic carbocycles. The van der Waals surface area contributed by atoms with Crippen molar-refractivity contribution in [3.8, 4) is 0 Å². The average Bonchev–Trinajstić information content (AvgIpc) is 3.34.